The Morgan fingerprint density at radius 3 is 2.68 bits per heavy atom. The highest BCUT2D eigenvalue weighted by molar-refractivity contribution is 5.91. The van der Waals surface area contributed by atoms with E-state index in [1.807, 2.05) is 0 Å². The number of hydrogen-bond acceptors (Lipinski definition) is 4. The summed E-state index contributed by atoms with van der Waals surface area (Å²) < 4.78 is 45.9. The number of fused-ring (bicyclic) bond motifs is 1. The highest BCUT2D eigenvalue weighted by Gasteiger charge is 2.31. The molecular weight excluding hydrogens is 377 g/mol. The smallest absolute Gasteiger partial charge is 0.370 e. The summed E-state index contributed by atoms with van der Waals surface area (Å²) in [5.41, 5.74) is 10.8. The highest BCUT2D eigenvalue weighted by atomic mass is 19.4. The fourth-order valence-corrected chi connectivity index (χ4v) is 2.84. The summed E-state index contributed by atoms with van der Waals surface area (Å²) in [7, 11) is 0. The molecule has 0 unspecified atom stereocenters. The van der Waals surface area contributed by atoms with Crippen LogP contribution >= 0.6 is 0 Å². The van der Waals surface area contributed by atoms with Crippen LogP contribution in [0.2, 0.25) is 0 Å². The summed E-state index contributed by atoms with van der Waals surface area (Å²) in [5.74, 6) is 0.0802. The summed E-state index contributed by atoms with van der Waals surface area (Å²) >= 11 is 0. The molecule has 0 radical (unpaired) electrons. The van der Waals surface area contributed by atoms with Crippen molar-refractivity contribution in [3.8, 4) is 11.4 Å². The molecule has 8 nitrogen and oxygen atoms in total. The Labute approximate surface area is 157 Å². The van der Waals surface area contributed by atoms with Crippen LogP contribution in [0.3, 0.4) is 0 Å². The van der Waals surface area contributed by atoms with Gasteiger partial charge in [0, 0.05) is 13.0 Å². The van der Waals surface area contributed by atoms with Crippen molar-refractivity contribution < 1.29 is 22.5 Å². The molecule has 1 amide bonds. The highest BCUT2D eigenvalue weighted by Crippen LogP contribution is 2.33. The van der Waals surface area contributed by atoms with Crippen LogP contribution in [-0.4, -0.2) is 26.6 Å². The topological polar surface area (TPSA) is 125 Å². The van der Waals surface area contributed by atoms with Gasteiger partial charge in [-0.1, -0.05) is 5.16 Å². The molecule has 0 saturated heterocycles. The first-order valence-electron chi connectivity index (χ1n) is 8.28. The largest absolute Gasteiger partial charge is 0.416 e. The zero-order valence-electron chi connectivity index (χ0n) is 14.8. The number of aliphatic imine (C=N–C) groups is 1. The van der Waals surface area contributed by atoms with E-state index in [9.17, 15) is 18.0 Å². The summed E-state index contributed by atoms with van der Waals surface area (Å²) in [6.45, 7) is 1.99. The molecule has 28 heavy (non-hydrogen) atoms. The summed E-state index contributed by atoms with van der Waals surface area (Å²) in [6, 6.07) is 3.34. The number of halogens is 3. The number of benzene rings is 1. The number of carbonyl (C=O) groups excluding carboxylic acids is 1. The number of amides is 1. The van der Waals surface area contributed by atoms with Gasteiger partial charge in [0.15, 0.2) is 5.96 Å². The maximum Gasteiger partial charge on any atom is 0.416 e. The van der Waals surface area contributed by atoms with Crippen LogP contribution in [0.1, 0.15) is 24.2 Å². The van der Waals surface area contributed by atoms with Crippen LogP contribution in [0, 0.1) is 6.92 Å². The van der Waals surface area contributed by atoms with Gasteiger partial charge in [-0.25, -0.2) is 4.98 Å². The predicted molar refractivity (Wildman–Crippen MR) is 95.0 cm³/mol. The zero-order valence-corrected chi connectivity index (χ0v) is 14.8. The van der Waals surface area contributed by atoms with Gasteiger partial charge in [-0.15, -0.1) is 0 Å². The van der Waals surface area contributed by atoms with E-state index >= 15 is 0 Å². The number of aryl methyl sites for hydroxylation is 2. The second kappa shape index (κ2) is 7.33. The normalized spacial score (nSPS) is 11.7. The third-order valence-electron chi connectivity index (χ3n) is 4.09. The molecule has 0 aliphatic rings. The molecule has 3 rings (SSSR count). The Balaban J connectivity index is 1.99. The van der Waals surface area contributed by atoms with Crippen molar-refractivity contribution in [2.24, 2.45) is 16.5 Å². The molecule has 148 valence electrons. The van der Waals surface area contributed by atoms with Crippen LogP contribution in [0.15, 0.2) is 33.9 Å². The lowest BCUT2D eigenvalue weighted by Gasteiger charge is -2.09. The number of nitrogens with two attached hydrogens (primary N) is 2. The lowest BCUT2D eigenvalue weighted by Crippen LogP contribution is -2.24. The van der Waals surface area contributed by atoms with Crippen molar-refractivity contribution in [3.63, 3.8) is 0 Å². The standard InChI is InChI=1S/C17H17F3N6O2/c1-9-11(8-23-28-9)15-24-12-7-10(17(18,19)20)4-5-13(12)26(15)6-2-3-14(27)25-16(21)22/h4-5,7-8H,2-3,6H2,1H3,(H4,21,22,25,27). The number of rotatable bonds is 5. The van der Waals surface area contributed by atoms with Gasteiger partial charge < -0.3 is 20.6 Å². The number of imidazole rings is 1. The molecule has 11 heteroatoms. The van der Waals surface area contributed by atoms with Crippen LogP contribution in [0.25, 0.3) is 22.4 Å². The van der Waals surface area contributed by atoms with Gasteiger partial charge in [0.1, 0.15) is 11.6 Å². The monoisotopic (exact) mass is 394 g/mol. The van der Waals surface area contributed by atoms with E-state index in [2.05, 4.69) is 15.1 Å². The maximum absolute atomic E-state index is 13.0. The number of alkyl halides is 3. The second-order valence-corrected chi connectivity index (χ2v) is 6.12. The molecule has 0 saturated carbocycles. The Morgan fingerprint density at radius 1 is 1.32 bits per heavy atom. The van der Waals surface area contributed by atoms with Gasteiger partial charge in [-0.3, -0.25) is 4.79 Å². The first-order valence-corrected chi connectivity index (χ1v) is 8.28. The van der Waals surface area contributed by atoms with Gasteiger partial charge >= 0.3 is 6.18 Å². The van der Waals surface area contributed by atoms with E-state index in [0.717, 1.165) is 12.1 Å². The molecule has 0 spiro atoms. The number of carbonyl (C=O) groups is 1. The molecule has 2 aromatic heterocycles. The predicted octanol–water partition coefficient (Wildman–Crippen LogP) is 2.60. The summed E-state index contributed by atoms with van der Waals surface area (Å²) in [5, 5.41) is 3.70. The number of guanidine groups is 1. The van der Waals surface area contributed by atoms with Gasteiger partial charge in [0.2, 0.25) is 5.91 Å². The Bertz CT molecular complexity index is 1050. The average Bonchev–Trinajstić information content (AvgIpc) is 3.16. The van der Waals surface area contributed by atoms with Crippen LogP contribution in [0.4, 0.5) is 13.2 Å². The Morgan fingerprint density at radius 2 is 2.07 bits per heavy atom. The molecule has 0 aliphatic carbocycles. The Hall–Kier alpha value is -3.37. The van der Waals surface area contributed by atoms with E-state index < -0.39 is 17.6 Å². The fraction of sp³-hybridized carbons (Fsp3) is 0.294. The van der Waals surface area contributed by atoms with E-state index in [1.165, 1.54) is 12.3 Å². The molecule has 2 heterocycles. The van der Waals surface area contributed by atoms with Crippen LogP contribution < -0.4 is 11.5 Å². The van der Waals surface area contributed by atoms with E-state index in [1.54, 1.807) is 11.5 Å². The van der Waals surface area contributed by atoms with E-state index in [4.69, 9.17) is 16.0 Å². The SMILES string of the molecule is Cc1oncc1-c1nc2cc(C(F)(F)F)ccc2n1CCCC(=O)N=C(N)N. The molecule has 1 aromatic carbocycles. The number of nitrogens with zero attached hydrogens (tertiary/aromatic N) is 4. The van der Waals surface area contributed by atoms with Gasteiger partial charge in [-0.05, 0) is 31.5 Å². The number of aromatic nitrogens is 3. The molecule has 0 aliphatic heterocycles. The van der Waals surface area contributed by atoms with Gasteiger partial charge in [0.05, 0.1) is 28.4 Å². The average molecular weight is 394 g/mol. The van der Waals surface area contributed by atoms with Crippen molar-refractivity contribution in [1.82, 2.24) is 14.7 Å². The summed E-state index contributed by atoms with van der Waals surface area (Å²) in [4.78, 5) is 19.4. The maximum atomic E-state index is 13.0. The summed E-state index contributed by atoms with van der Waals surface area (Å²) in [6.07, 6.45) is -2.60. The van der Waals surface area contributed by atoms with Gasteiger partial charge in [0.25, 0.3) is 0 Å². The first kappa shape index (κ1) is 19.4. The first-order chi connectivity index (χ1) is 13.2. The fourth-order valence-electron chi connectivity index (χ4n) is 2.84. The van der Waals surface area contributed by atoms with E-state index in [-0.39, 0.29) is 17.9 Å². The molecule has 0 bridgehead atoms. The minimum atomic E-state index is -4.47. The third-order valence-corrected chi connectivity index (χ3v) is 4.09. The Kier molecular flexibility index (Phi) is 5.08. The second-order valence-electron chi connectivity index (χ2n) is 6.12. The van der Waals surface area contributed by atoms with Crippen molar-refractivity contribution in [2.45, 2.75) is 32.5 Å². The molecule has 0 fully saturated rings. The molecule has 4 N–H and O–H groups in total. The lowest BCUT2D eigenvalue weighted by atomic mass is 10.2. The molecule has 0 atom stereocenters. The third kappa shape index (κ3) is 3.97. The molecular formula is C17H17F3N6O2. The van der Waals surface area contributed by atoms with Crippen LogP contribution in [-0.2, 0) is 17.5 Å². The van der Waals surface area contributed by atoms with E-state index in [0.29, 0.717) is 35.6 Å². The quantitative estimate of drug-likeness (QED) is 0.506. The zero-order chi connectivity index (χ0) is 20.5. The number of hydrogen-bond donors (Lipinski definition) is 2. The minimum absolute atomic E-state index is 0.0697. The molecule has 3 aromatic rings. The lowest BCUT2D eigenvalue weighted by molar-refractivity contribution is -0.137. The van der Waals surface area contributed by atoms with Crippen molar-refractivity contribution >= 4 is 22.9 Å². The van der Waals surface area contributed by atoms with Gasteiger partial charge in [-0.2, -0.15) is 18.2 Å². The van der Waals surface area contributed by atoms with Crippen molar-refractivity contribution in [1.29, 1.82) is 0 Å². The van der Waals surface area contributed by atoms with Crippen molar-refractivity contribution in [2.75, 3.05) is 0 Å². The minimum Gasteiger partial charge on any atom is -0.370 e. The van der Waals surface area contributed by atoms with Crippen LogP contribution in [0.5, 0.6) is 0 Å². The van der Waals surface area contributed by atoms with Crippen molar-refractivity contribution in [3.05, 3.63) is 35.7 Å².